The van der Waals surface area contributed by atoms with Gasteiger partial charge in [0.25, 0.3) is 5.91 Å². The monoisotopic (exact) mass is 419 g/mol. The summed E-state index contributed by atoms with van der Waals surface area (Å²) >= 11 is 0.988. The molecule has 7 nitrogen and oxygen atoms in total. The maximum absolute atomic E-state index is 12.8. The fourth-order valence-corrected chi connectivity index (χ4v) is 3.68. The molecule has 0 aliphatic rings. The van der Waals surface area contributed by atoms with Gasteiger partial charge in [-0.1, -0.05) is 6.07 Å². The van der Waals surface area contributed by atoms with Crippen molar-refractivity contribution in [3.8, 4) is 5.75 Å². The second-order valence-electron chi connectivity index (χ2n) is 6.35. The number of hydrogen-bond donors (Lipinski definition) is 1. The molecule has 0 radical (unpaired) electrons. The lowest BCUT2D eigenvalue weighted by atomic mass is 10.1. The first-order valence-electron chi connectivity index (χ1n) is 9.34. The maximum atomic E-state index is 12.8. The van der Waals surface area contributed by atoms with Crippen molar-refractivity contribution in [2.45, 2.75) is 40.7 Å². The Morgan fingerprint density at radius 2 is 1.72 bits per heavy atom. The van der Waals surface area contributed by atoms with Crippen LogP contribution in [0.1, 0.15) is 63.6 Å². The summed E-state index contributed by atoms with van der Waals surface area (Å²) in [6.07, 6.45) is -0.0317. The van der Waals surface area contributed by atoms with Crippen molar-refractivity contribution >= 4 is 34.2 Å². The second kappa shape index (κ2) is 10.1. The first-order valence-corrected chi connectivity index (χ1v) is 10.2. The minimum absolute atomic E-state index is 0.0317. The van der Waals surface area contributed by atoms with Crippen LogP contribution in [0.25, 0.3) is 0 Å². The van der Waals surface area contributed by atoms with Gasteiger partial charge in [0.05, 0.1) is 24.9 Å². The summed E-state index contributed by atoms with van der Waals surface area (Å²) in [6.45, 7) is 9.17. The highest BCUT2D eigenvalue weighted by molar-refractivity contribution is 7.18. The number of carbonyl (C=O) groups excluding carboxylic acids is 3. The predicted octanol–water partition coefficient (Wildman–Crippen LogP) is 4.45. The Morgan fingerprint density at radius 3 is 2.34 bits per heavy atom. The molecular weight excluding hydrogens is 394 g/mol. The molecule has 1 aromatic heterocycles. The van der Waals surface area contributed by atoms with Gasteiger partial charge in [0.15, 0.2) is 0 Å². The van der Waals surface area contributed by atoms with Crippen molar-refractivity contribution in [3.05, 3.63) is 45.8 Å². The largest absolute Gasteiger partial charge is 0.491 e. The lowest BCUT2D eigenvalue weighted by Crippen LogP contribution is -2.15. The SMILES string of the molecule is CCOC(=O)c1sc(NC(=O)c2cccc(OC(C)C)c2)c(C(=O)OCC)c1C. The summed E-state index contributed by atoms with van der Waals surface area (Å²) in [4.78, 5) is 37.7. The van der Waals surface area contributed by atoms with E-state index in [4.69, 9.17) is 14.2 Å². The fourth-order valence-electron chi connectivity index (χ4n) is 2.60. The van der Waals surface area contributed by atoms with E-state index in [1.807, 2.05) is 13.8 Å². The minimum Gasteiger partial charge on any atom is -0.491 e. The van der Waals surface area contributed by atoms with Crippen LogP contribution in [0.2, 0.25) is 0 Å². The van der Waals surface area contributed by atoms with Crippen molar-refractivity contribution in [1.82, 2.24) is 0 Å². The minimum atomic E-state index is -0.607. The number of hydrogen-bond acceptors (Lipinski definition) is 7. The molecule has 0 atom stereocenters. The lowest BCUT2D eigenvalue weighted by molar-refractivity contribution is 0.0527. The molecule has 156 valence electrons. The van der Waals surface area contributed by atoms with Crippen molar-refractivity contribution in [1.29, 1.82) is 0 Å². The number of carbonyl (C=O) groups is 3. The highest BCUT2D eigenvalue weighted by atomic mass is 32.1. The first kappa shape index (κ1) is 22.4. The molecule has 0 spiro atoms. The Balaban J connectivity index is 2.37. The molecule has 0 saturated heterocycles. The quantitative estimate of drug-likeness (QED) is 0.636. The molecule has 0 aliphatic heterocycles. The van der Waals surface area contributed by atoms with Crippen LogP contribution in [0, 0.1) is 6.92 Å². The second-order valence-corrected chi connectivity index (χ2v) is 7.37. The van der Waals surface area contributed by atoms with Gasteiger partial charge in [-0.2, -0.15) is 0 Å². The average Bonchev–Trinajstić information content (AvgIpc) is 2.98. The van der Waals surface area contributed by atoms with E-state index in [9.17, 15) is 14.4 Å². The van der Waals surface area contributed by atoms with Crippen LogP contribution in [0.4, 0.5) is 5.00 Å². The number of thiophene rings is 1. The van der Waals surface area contributed by atoms with Crippen LogP contribution in [0.5, 0.6) is 5.75 Å². The molecule has 29 heavy (non-hydrogen) atoms. The van der Waals surface area contributed by atoms with Crippen LogP contribution in [0.15, 0.2) is 24.3 Å². The third-order valence-electron chi connectivity index (χ3n) is 3.78. The van der Waals surface area contributed by atoms with Gasteiger partial charge in [-0.15, -0.1) is 11.3 Å². The summed E-state index contributed by atoms with van der Waals surface area (Å²) in [5, 5.41) is 2.96. The van der Waals surface area contributed by atoms with Crippen LogP contribution < -0.4 is 10.1 Å². The zero-order valence-electron chi connectivity index (χ0n) is 17.2. The molecule has 0 aliphatic carbocycles. The standard InChI is InChI=1S/C21H25NO6S/c1-6-26-20(24)16-13(5)17(21(25)27-7-2)29-19(16)22-18(23)14-9-8-10-15(11-14)28-12(3)4/h8-12H,6-7H2,1-5H3,(H,22,23). The molecule has 1 heterocycles. The first-order chi connectivity index (χ1) is 13.8. The van der Waals surface area contributed by atoms with Crippen molar-refractivity contribution in [2.24, 2.45) is 0 Å². The Bertz CT molecular complexity index is 903. The van der Waals surface area contributed by atoms with E-state index in [1.165, 1.54) is 0 Å². The fraction of sp³-hybridized carbons (Fsp3) is 0.381. The predicted molar refractivity (Wildman–Crippen MR) is 111 cm³/mol. The lowest BCUT2D eigenvalue weighted by Gasteiger charge is -2.11. The van der Waals surface area contributed by atoms with E-state index >= 15 is 0 Å². The van der Waals surface area contributed by atoms with Gasteiger partial charge in [-0.25, -0.2) is 9.59 Å². The zero-order valence-corrected chi connectivity index (χ0v) is 18.0. The van der Waals surface area contributed by atoms with Crippen LogP contribution in [-0.4, -0.2) is 37.2 Å². The van der Waals surface area contributed by atoms with Crippen molar-refractivity contribution in [2.75, 3.05) is 18.5 Å². The maximum Gasteiger partial charge on any atom is 0.348 e. The average molecular weight is 419 g/mol. The number of nitrogens with one attached hydrogen (secondary N) is 1. The normalized spacial score (nSPS) is 10.6. The molecule has 0 fully saturated rings. The summed E-state index contributed by atoms with van der Waals surface area (Å²) in [6, 6.07) is 6.73. The zero-order chi connectivity index (χ0) is 21.6. The van der Waals surface area contributed by atoms with Gasteiger partial charge in [0.1, 0.15) is 15.6 Å². The van der Waals surface area contributed by atoms with Gasteiger partial charge in [0, 0.05) is 5.56 Å². The number of benzene rings is 1. The Hall–Kier alpha value is -2.87. The molecule has 2 rings (SSSR count). The molecule has 0 saturated carbocycles. The molecule has 8 heteroatoms. The third kappa shape index (κ3) is 5.57. The molecule has 0 unspecified atom stereocenters. The van der Waals surface area contributed by atoms with Crippen LogP contribution >= 0.6 is 11.3 Å². The van der Waals surface area contributed by atoms with Gasteiger partial charge in [0.2, 0.25) is 0 Å². The number of anilines is 1. The summed E-state index contributed by atoms with van der Waals surface area (Å²) < 4.78 is 15.8. The van der Waals surface area contributed by atoms with E-state index < -0.39 is 17.8 Å². The van der Waals surface area contributed by atoms with E-state index in [2.05, 4.69) is 5.32 Å². The van der Waals surface area contributed by atoms with E-state index in [1.54, 1.807) is 45.0 Å². The Kier molecular flexibility index (Phi) is 7.78. The van der Waals surface area contributed by atoms with Crippen molar-refractivity contribution in [3.63, 3.8) is 0 Å². The summed E-state index contributed by atoms with van der Waals surface area (Å²) in [5.41, 5.74) is 0.934. The van der Waals surface area contributed by atoms with Crippen molar-refractivity contribution < 1.29 is 28.6 Å². The summed E-state index contributed by atoms with van der Waals surface area (Å²) in [5.74, 6) is -1.02. The molecule has 1 amide bonds. The molecule has 1 aromatic carbocycles. The summed E-state index contributed by atoms with van der Waals surface area (Å²) in [7, 11) is 0. The number of ether oxygens (including phenoxy) is 3. The Morgan fingerprint density at radius 1 is 1.07 bits per heavy atom. The number of amides is 1. The van der Waals surface area contributed by atoms with E-state index in [-0.39, 0.29) is 34.8 Å². The van der Waals surface area contributed by atoms with Gasteiger partial charge >= 0.3 is 11.9 Å². The van der Waals surface area contributed by atoms with E-state index in [0.717, 1.165) is 11.3 Å². The molecule has 1 N–H and O–H groups in total. The molecule has 2 aromatic rings. The highest BCUT2D eigenvalue weighted by Crippen LogP contribution is 2.34. The third-order valence-corrected chi connectivity index (χ3v) is 4.97. The number of esters is 2. The highest BCUT2D eigenvalue weighted by Gasteiger charge is 2.27. The number of rotatable bonds is 8. The van der Waals surface area contributed by atoms with Gasteiger partial charge in [-0.3, -0.25) is 4.79 Å². The molecule has 0 bridgehead atoms. The van der Waals surface area contributed by atoms with Gasteiger partial charge in [-0.05, 0) is 58.4 Å². The van der Waals surface area contributed by atoms with Crippen LogP contribution in [0.3, 0.4) is 0 Å². The van der Waals surface area contributed by atoms with Gasteiger partial charge < -0.3 is 19.5 Å². The topological polar surface area (TPSA) is 90.9 Å². The van der Waals surface area contributed by atoms with Crippen LogP contribution in [-0.2, 0) is 9.47 Å². The molecular formula is C21H25NO6S. The smallest absolute Gasteiger partial charge is 0.348 e. The Labute approximate surface area is 174 Å². The van der Waals surface area contributed by atoms with E-state index in [0.29, 0.717) is 16.9 Å².